The molecule has 0 saturated carbocycles. The number of ketones is 1. The molecule has 1 unspecified atom stereocenters. The minimum Gasteiger partial charge on any atom is -0.493 e. The second kappa shape index (κ2) is 5.96. The van der Waals surface area contributed by atoms with Crippen LogP contribution >= 0.6 is 0 Å². The summed E-state index contributed by atoms with van der Waals surface area (Å²) in [5, 5.41) is 0. The molecule has 0 radical (unpaired) electrons. The van der Waals surface area contributed by atoms with Gasteiger partial charge in [-0.2, -0.15) is 0 Å². The number of hydrogen-bond donors (Lipinski definition) is 0. The molecule has 0 aromatic heterocycles. The lowest BCUT2D eigenvalue weighted by molar-refractivity contribution is 0.0838. The highest BCUT2D eigenvalue weighted by Crippen LogP contribution is 2.26. The number of fused-ring (bicyclic) bond motifs is 1. The van der Waals surface area contributed by atoms with Crippen molar-refractivity contribution >= 4 is 5.78 Å². The summed E-state index contributed by atoms with van der Waals surface area (Å²) in [6.45, 7) is 4.60. The zero-order valence-electron chi connectivity index (χ0n) is 12.2. The van der Waals surface area contributed by atoms with Gasteiger partial charge < -0.3 is 4.74 Å². The molecule has 3 rings (SSSR count). The summed E-state index contributed by atoms with van der Waals surface area (Å²) in [4.78, 5) is 14.9. The Balaban J connectivity index is 1.69. The maximum absolute atomic E-state index is 12.5. The van der Waals surface area contributed by atoms with Crippen molar-refractivity contribution in [2.75, 3.05) is 19.7 Å². The molecule has 0 spiro atoms. The van der Waals surface area contributed by atoms with Crippen LogP contribution in [0.25, 0.3) is 0 Å². The molecule has 3 nitrogen and oxygen atoms in total. The summed E-state index contributed by atoms with van der Waals surface area (Å²) in [5.41, 5.74) is 2.02. The van der Waals surface area contributed by atoms with E-state index in [1.807, 2.05) is 18.2 Å². The molecule has 0 aliphatic carbocycles. The standard InChI is InChI=1S/C17H23NO2/c1-2-15-5-3-4-9-18(15)12-16(19)13-6-7-17-14(11-13)8-10-20-17/h6-7,11,15H,2-5,8-10,12H2,1H3. The maximum atomic E-state index is 12.5. The molecule has 0 N–H and O–H groups in total. The fourth-order valence-electron chi connectivity index (χ4n) is 3.37. The summed E-state index contributed by atoms with van der Waals surface area (Å²) in [6, 6.07) is 6.47. The number of ether oxygens (including phenoxy) is 1. The molecule has 1 aromatic carbocycles. The van der Waals surface area contributed by atoms with Crippen molar-refractivity contribution in [3.05, 3.63) is 29.3 Å². The number of carbonyl (C=O) groups is 1. The molecule has 2 aliphatic heterocycles. The molecule has 20 heavy (non-hydrogen) atoms. The van der Waals surface area contributed by atoms with Gasteiger partial charge in [0.2, 0.25) is 0 Å². The van der Waals surface area contributed by atoms with Crippen LogP contribution in [0.3, 0.4) is 0 Å². The van der Waals surface area contributed by atoms with Crippen LogP contribution in [0.1, 0.15) is 48.5 Å². The van der Waals surface area contributed by atoms with E-state index in [2.05, 4.69) is 11.8 Å². The Morgan fingerprint density at radius 3 is 3.15 bits per heavy atom. The van der Waals surface area contributed by atoms with Crippen LogP contribution in [-0.2, 0) is 6.42 Å². The quantitative estimate of drug-likeness (QED) is 0.790. The lowest BCUT2D eigenvalue weighted by Crippen LogP contribution is -2.42. The molecule has 0 bridgehead atoms. The van der Waals surface area contributed by atoms with Gasteiger partial charge in [0.1, 0.15) is 5.75 Å². The first kappa shape index (κ1) is 13.6. The molecule has 2 aliphatic rings. The van der Waals surface area contributed by atoms with Gasteiger partial charge in [-0.05, 0) is 49.6 Å². The number of benzene rings is 1. The topological polar surface area (TPSA) is 29.5 Å². The normalized spacial score (nSPS) is 22.4. The zero-order valence-corrected chi connectivity index (χ0v) is 12.2. The lowest BCUT2D eigenvalue weighted by Gasteiger charge is -2.34. The molecule has 0 amide bonds. The van der Waals surface area contributed by atoms with E-state index in [-0.39, 0.29) is 5.78 Å². The van der Waals surface area contributed by atoms with Crippen LogP contribution in [0.4, 0.5) is 0 Å². The van der Waals surface area contributed by atoms with Crippen molar-refractivity contribution < 1.29 is 9.53 Å². The van der Waals surface area contributed by atoms with Crippen LogP contribution in [0.15, 0.2) is 18.2 Å². The minimum atomic E-state index is 0.250. The highest BCUT2D eigenvalue weighted by Gasteiger charge is 2.23. The Kier molecular flexibility index (Phi) is 4.06. The number of hydrogen-bond acceptors (Lipinski definition) is 3. The van der Waals surface area contributed by atoms with Crippen LogP contribution in [0.5, 0.6) is 5.75 Å². The first-order chi connectivity index (χ1) is 9.78. The molecule has 1 saturated heterocycles. The highest BCUT2D eigenvalue weighted by molar-refractivity contribution is 5.98. The number of piperidine rings is 1. The monoisotopic (exact) mass is 273 g/mol. The van der Waals surface area contributed by atoms with E-state index in [9.17, 15) is 4.79 Å². The van der Waals surface area contributed by atoms with Crippen LogP contribution in [0.2, 0.25) is 0 Å². The van der Waals surface area contributed by atoms with E-state index in [4.69, 9.17) is 4.74 Å². The third kappa shape index (κ3) is 2.73. The fourth-order valence-corrected chi connectivity index (χ4v) is 3.37. The summed E-state index contributed by atoms with van der Waals surface area (Å²) >= 11 is 0. The van der Waals surface area contributed by atoms with Crippen LogP contribution < -0.4 is 4.74 Å². The third-order valence-electron chi connectivity index (χ3n) is 4.58. The molecule has 1 fully saturated rings. The first-order valence-corrected chi connectivity index (χ1v) is 7.81. The molecule has 2 heterocycles. The molecule has 3 heteroatoms. The van der Waals surface area contributed by atoms with E-state index in [1.165, 1.54) is 24.8 Å². The minimum absolute atomic E-state index is 0.250. The number of Topliss-reactive ketones (excluding diaryl/α,β-unsaturated/α-hetero) is 1. The Morgan fingerprint density at radius 2 is 2.30 bits per heavy atom. The predicted molar refractivity (Wildman–Crippen MR) is 79.5 cm³/mol. The van der Waals surface area contributed by atoms with E-state index < -0.39 is 0 Å². The van der Waals surface area contributed by atoms with Crippen molar-refractivity contribution in [3.63, 3.8) is 0 Å². The Hall–Kier alpha value is -1.35. The van der Waals surface area contributed by atoms with Crippen LogP contribution in [0, 0.1) is 0 Å². The Morgan fingerprint density at radius 1 is 1.40 bits per heavy atom. The fraction of sp³-hybridized carbons (Fsp3) is 0.588. The van der Waals surface area contributed by atoms with Crippen molar-refractivity contribution in [1.82, 2.24) is 4.90 Å². The molecule has 1 aromatic rings. The van der Waals surface area contributed by atoms with Crippen molar-refractivity contribution in [2.24, 2.45) is 0 Å². The first-order valence-electron chi connectivity index (χ1n) is 7.81. The average molecular weight is 273 g/mol. The third-order valence-corrected chi connectivity index (χ3v) is 4.58. The predicted octanol–water partition coefficient (Wildman–Crippen LogP) is 3.07. The van der Waals surface area contributed by atoms with Gasteiger partial charge >= 0.3 is 0 Å². The molecule has 1 atom stereocenters. The second-order valence-corrected chi connectivity index (χ2v) is 5.87. The van der Waals surface area contributed by atoms with Crippen molar-refractivity contribution in [1.29, 1.82) is 0 Å². The summed E-state index contributed by atoms with van der Waals surface area (Å²) < 4.78 is 5.50. The number of carbonyl (C=O) groups excluding carboxylic acids is 1. The summed E-state index contributed by atoms with van der Waals surface area (Å²) in [5.74, 6) is 1.20. The van der Waals surface area contributed by atoms with Gasteiger partial charge in [-0.25, -0.2) is 0 Å². The summed E-state index contributed by atoms with van der Waals surface area (Å²) in [7, 11) is 0. The molecular weight excluding hydrogens is 250 g/mol. The smallest absolute Gasteiger partial charge is 0.176 e. The number of nitrogens with zero attached hydrogens (tertiary/aromatic N) is 1. The van der Waals surface area contributed by atoms with Crippen molar-refractivity contribution in [3.8, 4) is 5.75 Å². The van der Waals surface area contributed by atoms with Gasteiger partial charge in [0, 0.05) is 18.0 Å². The average Bonchev–Trinajstić information content (AvgIpc) is 2.95. The molecular formula is C17H23NO2. The summed E-state index contributed by atoms with van der Waals surface area (Å²) in [6.07, 6.45) is 5.84. The van der Waals surface area contributed by atoms with Crippen LogP contribution in [-0.4, -0.2) is 36.4 Å². The van der Waals surface area contributed by atoms with Gasteiger partial charge in [0.15, 0.2) is 5.78 Å². The number of likely N-dealkylation sites (tertiary alicyclic amines) is 1. The van der Waals surface area contributed by atoms with Crippen molar-refractivity contribution in [2.45, 2.75) is 45.1 Å². The highest BCUT2D eigenvalue weighted by atomic mass is 16.5. The molecule has 108 valence electrons. The Labute approximate surface area is 120 Å². The lowest BCUT2D eigenvalue weighted by atomic mass is 9.98. The van der Waals surface area contributed by atoms with Gasteiger partial charge in [0.25, 0.3) is 0 Å². The van der Waals surface area contributed by atoms with E-state index in [1.54, 1.807) is 0 Å². The zero-order chi connectivity index (χ0) is 13.9. The maximum Gasteiger partial charge on any atom is 0.176 e. The van der Waals surface area contributed by atoms with E-state index in [0.29, 0.717) is 12.6 Å². The van der Waals surface area contributed by atoms with Gasteiger partial charge in [0.05, 0.1) is 13.2 Å². The van der Waals surface area contributed by atoms with Gasteiger partial charge in [-0.15, -0.1) is 0 Å². The largest absolute Gasteiger partial charge is 0.493 e. The SMILES string of the molecule is CCC1CCCCN1CC(=O)c1ccc2c(c1)CCO2. The van der Waals surface area contributed by atoms with Gasteiger partial charge in [-0.1, -0.05) is 13.3 Å². The Bertz CT molecular complexity index is 498. The van der Waals surface area contributed by atoms with E-state index in [0.717, 1.165) is 37.3 Å². The van der Waals surface area contributed by atoms with Gasteiger partial charge in [-0.3, -0.25) is 9.69 Å². The van der Waals surface area contributed by atoms with E-state index >= 15 is 0 Å². The number of rotatable bonds is 4. The second-order valence-electron chi connectivity index (χ2n) is 5.87.